The maximum absolute atomic E-state index is 12.1. The zero-order chi connectivity index (χ0) is 21.7. The molecule has 0 aliphatic rings. The molecule has 0 saturated carbocycles. The molecule has 0 radical (unpaired) electrons. The highest BCUT2D eigenvalue weighted by Crippen LogP contribution is 2.18. The van der Waals surface area contributed by atoms with E-state index in [0.717, 1.165) is 5.56 Å². The van der Waals surface area contributed by atoms with Crippen LogP contribution in [0, 0.1) is 0 Å². The van der Waals surface area contributed by atoms with Crippen LogP contribution in [-0.2, 0) is 29.2 Å². The van der Waals surface area contributed by atoms with Gasteiger partial charge < -0.3 is 15.7 Å². The number of aliphatic imine (C=N–C) groups is 1. The van der Waals surface area contributed by atoms with Crippen LogP contribution >= 0.6 is 24.0 Å². The smallest absolute Gasteiger partial charge is 0.242 e. The molecule has 2 rings (SSSR count). The topological polar surface area (TPSA) is 112 Å². The van der Waals surface area contributed by atoms with E-state index >= 15 is 0 Å². The fourth-order valence-corrected chi connectivity index (χ4v) is 3.45. The molecule has 1 heterocycles. The summed E-state index contributed by atoms with van der Waals surface area (Å²) in [5, 5.41) is 21.1. The van der Waals surface area contributed by atoms with Crippen LogP contribution in [0.2, 0.25) is 0 Å². The van der Waals surface area contributed by atoms with Crippen molar-refractivity contribution in [3.05, 3.63) is 47.8 Å². The van der Waals surface area contributed by atoms with Crippen LogP contribution in [0.25, 0.3) is 0 Å². The number of aryl methyl sites for hydroxylation is 1. The number of hydrogen-bond acceptors (Lipinski definition) is 5. The fourth-order valence-electron chi connectivity index (χ4n) is 2.55. The van der Waals surface area contributed by atoms with Crippen molar-refractivity contribution in [2.45, 2.75) is 30.9 Å². The van der Waals surface area contributed by atoms with E-state index in [4.69, 9.17) is 0 Å². The molecule has 0 aliphatic carbocycles. The summed E-state index contributed by atoms with van der Waals surface area (Å²) in [6.45, 7) is 4.96. The maximum Gasteiger partial charge on any atom is 0.242 e. The molecule has 30 heavy (non-hydrogen) atoms. The molecule has 168 valence electrons. The number of nitrogens with one attached hydrogen (secondary N) is 2. The highest BCUT2D eigenvalue weighted by molar-refractivity contribution is 14.0. The summed E-state index contributed by atoms with van der Waals surface area (Å²) < 4.78 is 27.1. The molecule has 1 unspecified atom stereocenters. The van der Waals surface area contributed by atoms with Crippen molar-refractivity contribution >= 4 is 40.0 Å². The molecule has 0 amide bonds. The van der Waals surface area contributed by atoms with Crippen LogP contribution in [0.4, 0.5) is 0 Å². The zero-order valence-electron chi connectivity index (χ0n) is 18.0. The lowest BCUT2D eigenvalue weighted by Gasteiger charge is -2.23. The minimum atomic E-state index is -3.44. The van der Waals surface area contributed by atoms with Crippen LogP contribution in [0.3, 0.4) is 0 Å². The zero-order valence-corrected chi connectivity index (χ0v) is 21.1. The van der Waals surface area contributed by atoms with Crippen molar-refractivity contribution in [2.24, 2.45) is 12.0 Å². The predicted molar refractivity (Wildman–Crippen MR) is 128 cm³/mol. The molecule has 0 spiro atoms. The van der Waals surface area contributed by atoms with Gasteiger partial charge in [0.2, 0.25) is 10.0 Å². The van der Waals surface area contributed by atoms with E-state index in [0.29, 0.717) is 24.6 Å². The lowest BCUT2D eigenvalue weighted by molar-refractivity contribution is 0.0616. The molecule has 1 aromatic heterocycles. The summed E-state index contributed by atoms with van der Waals surface area (Å²) in [5.41, 5.74) is 0.479. The largest absolute Gasteiger partial charge is 0.383 e. The molecule has 0 fully saturated rings. The monoisotopic (exact) mass is 550 g/mol. The molecule has 3 N–H and O–H groups in total. The Bertz CT molecular complexity index is 939. The first-order valence-corrected chi connectivity index (χ1v) is 10.8. The summed E-state index contributed by atoms with van der Waals surface area (Å²) in [6.07, 6.45) is 3.41. The van der Waals surface area contributed by atoms with Gasteiger partial charge in [-0.15, -0.1) is 24.0 Å². The number of nitrogens with zero attached hydrogens (tertiary/aromatic N) is 4. The minimum Gasteiger partial charge on any atom is -0.383 e. The second-order valence-electron chi connectivity index (χ2n) is 7.16. The van der Waals surface area contributed by atoms with Gasteiger partial charge in [0.25, 0.3) is 0 Å². The summed E-state index contributed by atoms with van der Waals surface area (Å²) in [4.78, 5) is 4.76. The molecule has 0 bridgehead atoms. The fraction of sp³-hybridized carbons (Fsp3) is 0.474. The predicted octanol–water partition coefficient (Wildman–Crippen LogP) is 1.25. The average molecular weight is 550 g/mol. The van der Waals surface area contributed by atoms with E-state index in [1.165, 1.54) is 18.4 Å². The van der Waals surface area contributed by atoms with E-state index in [9.17, 15) is 13.5 Å². The molecule has 0 saturated heterocycles. The van der Waals surface area contributed by atoms with E-state index in [-0.39, 0.29) is 35.4 Å². The first-order valence-electron chi connectivity index (χ1n) is 9.31. The van der Waals surface area contributed by atoms with Crippen LogP contribution in [0.5, 0.6) is 0 Å². The molecule has 0 aliphatic heterocycles. The highest BCUT2D eigenvalue weighted by atomic mass is 127. The van der Waals surface area contributed by atoms with Gasteiger partial charge >= 0.3 is 0 Å². The minimum absolute atomic E-state index is 0. The lowest BCUT2D eigenvalue weighted by Crippen LogP contribution is -2.44. The van der Waals surface area contributed by atoms with Crippen molar-refractivity contribution in [3.8, 4) is 0 Å². The number of benzene rings is 1. The Morgan fingerprint density at radius 1 is 1.27 bits per heavy atom. The van der Waals surface area contributed by atoms with Crippen molar-refractivity contribution in [2.75, 3.05) is 27.2 Å². The Kier molecular flexibility index (Phi) is 9.72. The molecular formula is C19H31IN6O3S. The van der Waals surface area contributed by atoms with E-state index in [1.54, 1.807) is 55.3 Å². The second kappa shape index (κ2) is 11.1. The quantitative estimate of drug-likeness (QED) is 0.259. The Morgan fingerprint density at radius 3 is 2.40 bits per heavy atom. The second-order valence-corrected chi connectivity index (χ2v) is 9.31. The van der Waals surface area contributed by atoms with Crippen molar-refractivity contribution in [3.63, 3.8) is 0 Å². The molecule has 1 atom stereocenters. The van der Waals surface area contributed by atoms with Crippen molar-refractivity contribution in [1.82, 2.24) is 24.7 Å². The Labute approximate surface area is 195 Å². The van der Waals surface area contributed by atoms with Crippen LogP contribution in [0.1, 0.15) is 25.0 Å². The van der Waals surface area contributed by atoms with Gasteiger partial charge in [0.05, 0.1) is 24.2 Å². The number of hydrogen-bond donors (Lipinski definition) is 3. The summed E-state index contributed by atoms with van der Waals surface area (Å²) in [6, 6.07) is 6.64. The van der Waals surface area contributed by atoms with Gasteiger partial charge in [-0.3, -0.25) is 4.68 Å². The van der Waals surface area contributed by atoms with Crippen LogP contribution < -0.4 is 10.6 Å². The van der Waals surface area contributed by atoms with Gasteiger partial charge in [-0.25, -0.2) is 17.7 Å². The SMILES string of the molecule is CCNC(=NCc1ccc(S(=O)(=O)N(C)C)cc1)NCC(C)(O)c1cnn(C)c1.I. The van der Waals surface area contributed by atoms with E-state index in [1.807, 2.05) is 6.92 Å². The Balaban J connectivity index is 0.00000450. The summed E-state index contributed by atoms with van der Waals surface area (Å²) >= 11 is 0. The average Bonchev–Trinajstić information content (AvgIpc) is 3.11. The van der Waals surface area contributed by atoms with Crippen molar-refractivity contribution < 1.29 is 13.5 Å². The van der Waals surface area contributed by atoms with Gasteiger partial charge in [-0.05, 0) is 31.5 Å². The third-order valence-corrected chi connectivity index (χ3v) is 6.22. The molecular weight excluding hydrogens is 519 g/mol. The van der Waals surface area contributed by atoms with E-state index in [2.05, 4.69) is 20.7 Å². The standard InChI is InChI=1S/C19H30N6O3S.HI/c1-6-20-18(22-14-19(2,26)16-12-23-25(5)13-16)21-11-15-7-9-17(10-8-15)29(27,28)24(3)4;/h7-10,12-13,26H,6,11,14H2,1-5H3,(H2,20,21,22);1H. The van der Waals surface area contributed by atoms with Gasteiger partial charge in [0.15, 0.2) is 5.96 Å². The summed E-state index contributed by atoms with van der Waals surface area (Å²) in [7, 11) is 1.36. The first kappa shape index (κ1) is 26.3. The molecule has 2 aromatic rings. The molecule has 11 heteroatoms. The van der Waals surface area contributed by atoms with Crippen LogP contribution in [-0.4, -0.2) is 60.8 Å². The molecule has 9 nitrogen and oxygen atoms in total. The third-order valence-electron chi connectivity index (χ3n) is 4.39. The number of guanidine groups is 1. The molecule has 1 aromatic carbocycles. The van der Waals surface area contributed by atoms with E-state index < -0.39 is 15.6 Å². The number of sulfonamides is 1. The van der Waals surface area contributed by atoms with Gasteiger partial charge in [0.1, 0.15) is 5.60 Å². The third kappa shape index (κ3) is 6.93. The van der Waals surface area contributed by atoms with Gasteiger partial charge in [-0.1, -0.05) is 12.1 Å². The van der Waals surface area contributed by atoms with Crippen molar-refractivity contribution in [1.29, 1.82) is 0 Å². The number of halogens is 1. The number of aromatic nitrogens is 2. The Hall–Kier alpha value is -1.70. The normalized spacial score (nSPS) is 14.2. The highest BCUT2D eigenvalue weighted by Gasteiger charge is 2.25. The van der Waals surface area contributed by atoms with Gasteiger partial charge in [0, 0.05) is 39.4 Å². The maximum atomic E-state index is 12.1. The number of aliphatic hydroxyl groups is 1. The van der Waals surface area contributed by atoms with Gasteiger partial charge in [-0.2, -0.15) is 5.10 Å². The summed E-state index contributed by atoms with van der Waals surface area (Å²) in [5.74, 6) is 0.557. The number of rotatable bonds is 8. The Morgan fingerprint density at radius 2 is 1.90 bits per heavy atom. The first-order chi connectivity index (χ1) is 13.6. The van der Waals surface area contributed by atoms with Crippen LogP contribution in [0.15, 0.2) is 46.5 Å². The lowest BCUT2D eigenvalue weighted by atomic mass is 10.00.